The summed E-state index contributed by atoms with van der Waals surface area (Å²) >= 11 is 0. The lowest BCUT2D eigenvalue weighted by Crippen LogP contribution is -2.12. The summed E-state index contributed by atoms with van der Waals surface area (Å²) in [4.78, 5) is 0. The molecule has 1 aromatic carbocycles. The van der Waals surface area contributed by atoms with Gasteiger partial charge in [0.15, 0.2) is 17.3 Å². The van der Waals surface area contributed by atoms with Gasteiger partial charge in [-0.2, -0.15) is 0 Å². The van der Waals surface area contributed by atoms with Crippen LogP contribution in [-0.4, -0.2) is 33.8 Å². The zero-order chi connectivity index (χ0) is 16.4. The van der Waals surface area contributed by atoms with E-state index in [1.165, 1.54) is 18.4 Å². The Labute approximate surface area is 141 Å². The van der Waals surface area contributed by atoms with Gasteiger partial charge in [0, 0.05) is 5.92 Å². The number of rotatable bonds is 5. The molecule has 0 bridgehead atoms. The molecule has 2 saturated carbocycles. The number of nitrogens with zero attached hydrogens (tertiary/aromatic N) is 3. The van der Waals surface area contributed by atoms with Crippen LogP contribution < -0.4 is 9.47 Å². The van der Waals surface area contributed by atoms with E-state index in [2.05, 4.69) is 32.8 Å². The summed E-state index contributed by atoms with van der Waals surface area (Å²) in [6, 6.07) is 6.40. The van der Waals surface area contributed by atoms with E-state index in [0.29, 0.717) is 17.9 Å². The third kappa shape index (κ3) is 3.09. The number of methoxy groups -OCH3 is 1. The van der Waals surface area contributed by atoms with Crippen molar-refractivity contribution >= 4 is 0 Å². The van der Waals surface area contributed by atoms with Crippen molar-refractivity contribution in [2.45, 2.75) is 62.9 Å². The fourth-order valence-electron chi connectivity index (χ4n) is 4.10. The molecule has 6 nitrogen and oxygen atoms in total. The van der Waals surface area contributed by atoms with Gasteiger partial charge in [-0.05, 0) is 79.0 Å². The second kappa shape index (κ2) is 6.79. The first kappa shape index (κ1) is 15.4. The zero-order valence-electron chi connectivity index (χ0n) is 14.1. The van der Waals surface area contributed by atoms with Crippen LogP contribution in [0, 0.1) is 0 Å². The molecule has 2 aliphatic rings. The van der Waals surface area contributed by atoms with Crippen LogP contribution in [0.1, 0.15) is 68.2 Å². The number of nitrogens with one attached hydrogen (secondary N) is 1. The number of aromatic nitrogens is 4. The van der Waals surface area contributed by atoms with Crippen molar-refractivity contribution in [1.82, 2.24) is 20.6 Å². The minimum Gasteiger partial charge on any atom is -0.493 e. The molecule has 0 radical (unpaired) electrons. The average molecular weight is 328 g/mol. The zero-order valence-corrected chi connectivity index (χ0v) is 14.1. The minimum absolute atomic E-state index is 0.339. The van der Waals surface area contributed by atoms with Crippen molar-refractivity contribution in [3.63, 3.8) is 0 Å². The van der Waals surface area contributed by atoms with E-state index >= 15 is 0 Å². The maximum Gasteiger partial charge on any atom is 0.161 e. The van der Waals surface area contributed by atoms with Crippen LogP contribution in [0.2, 0.25) is 0 Å². The van der Waals surface area contributed by atoms with Crippen molar-refractivity contribution < 1.29 is 9.47 Å². The van der Waals surface area contributed by atoms with Gasteiger partial charge >= 0.3 is 0 Å². The average Bonchev–Trinajstić information content (AvgIpc) is 3.35. The molecule has 0 aliphatic heterocycles. The first-order valence-electron chi connectivity index (χ1n) is 8.91. The highest BCUT2D eigenvalue weighted by atomic mass is 16.5. The highest BCUT2D eigenvalue weighted by molar-refractivity contribution is 5.44. The molecule has 2 unspecified atom stereocenters. The van der Waals surface area contributed by atoms with Crippen molar-refractivity contribution in [3.05, 3.63) is 29.6 Å². The number of hydrogen-bond donors (Lipinski definition) is 1. The summed E-state index contributed by atoms with van der Waals surface area (Å²) in [6.07, 6.45) is 8.52. The molecular weight excluding hydrogens is 304 g/mol. The number of aromatic amines is 1. The fraction of sp³-hybridized carbons (Fsp3) is 0.611. The SMILES string of the molecule is COc1ccc(C2CCC(c3nnn[nH]3)C2)cc1OC1CCCC1. The van der Waals surface area contributed by atoms with E-state index in [9.17, 15) is 0 Å². The highest BCUT2D eigenvalue weighted by Gasteiger charge is 2.30. The molecule has 0 spiro atoms. The van der Waals surface area contributed by atoms with E-state index in [0.717, 1.165) is 49.4 Å². The molecule has 2 atom stereocenters. The molecule has 0 amide bonds. The molecule has 24 heavy (non-hydrogen) atoms. The van der Waals surface area contributed by atoms with Gasteiger partial charge < -0.3 is 9.47 Å². The Hall–Kier alpha value is -2.11. The summed E-state index contributed by atoms with van der Waals surface area (Å²) in [7, 11) is 1.71. The quantitative estimate of drug-likeness (QED) is 0.908. The van der Waals surface area contributed by atoms with Crippen LogP contribution in [0.4, 0.5) is 0 Å². The smallest absolute Gasteiger partial charge is 0.161 e. The molecule has 0 saturated heterocycles. The summed E-state index contributed by atoms with van der Waals surface area (Å²) in [6.45, 7) is 0. The summed E-state index contributed by atoms with van der Waals surface area (Å²) in [5.74, 6) is 3.59. The molecule has 4 rings (SSSR count). The molecular formula is C18H24N4O2. The maximum absolute atomic E-state index is 6.23. The van der Waals surface area contributed by atoms with Crippen molar-refractivity contribution in [2.75, 3.05) is 7.11 Å². The van der Waals surface area contributed by atoms with Gasteiger partial charge in [0.25, 0.3) is 0 Å². The van der Waals surface area contributed by atoms with E-state index in [1.54, 1.807) is 7.11 Å². The van der Waals surface area contributed by atoms with E-state index < -0.39 is 0 Å². The normalized spacial score (nSPS) is 24.4. The van der Waals surface area contributed by atoms with Crippen molar-refractivity contribution in [3.8, 4) is 11.5 Å². The summed E-state index contributed by atoms with van der Waals surface area (Å²) in [5.41, 5.74) is 1.33. The van der Waals surface area contributed by atoms with Gasteiger partial charge in [-0.3, -0.25) is 0 Å². The van der Waals surface area contributed by atoms with E-state index in [4.69, 9.17) is 9.47 Å². The topological polar surface area (TPSA) is 72.9 Å². The van der Waals surface area contributed by atoms with Crippen LogP contribution in [0.3, 0.4) is 0 Å². The maximum atomic E-state index is 6.23. The predicted molar refractivity (Wildman–Crippen MR) is 89.4 cm³/mol. The first-order chi connectivity index (χ1) is 11.8. The molecule has 6 heteroatoms. The lowest BCUT2D eigenvalue weighted by molar-refractivity contribution is 0.200. The Morgan fingerprint density at radius 1 is 1.04 bits per heavy atom. The number of H-pyrrole nitrogens is 1. The van der Waals surface area contributed by atoms with Crippen LogP contribution in [0.25, 0.3) is 0 Å². The molecule has 2 fully saturated rings. The second-order valence-electron chi connectivity index (χ2n) is 6.93. The predicted octanol–water partition coefficient (Wildman–Crippen LogP) is 3.58. The number of tetrazole rings is 1. The Balaban J connectivity index is 1.50. The first-order valence-corrected chi connectivity index (χ1v) is 8.91. The number of hydrogen-bond acceptors (Lipinski definition) is 5. The molecule has 2 aromatic rings. The van der Waals surface area contributed by atoms with Crippen molar-refractivity contribution in [1.29, 1.82) is 0 Å². The monoisotopic (exact) mass is 328 g/mol. The van der Waals surface area contributed by atoms with Gasteiger partial charge in [0.05, 0.1) is 13.2 Å². The van der Waals surface area contributed by atoms with Crippen LogP contribution in [0.5, 0.6) is 11.5 Å². The number of benzene rings is 1. The molecule has 1 heterocycles. The van der Waals surface area contributed by atoms with Crippen molar-refractivity contribution in [2.24, 2.45) is 0 Å². The van der Waals surface area contributed by atoms with Crippen LogP contribution >= 0.6 is 0 Å². The lowest BCUT2D eigenvalue weighted by atomic mass is 9.95. The standard InChI is InChI=1S/C18H24N4O2/c1-23-16-9-8-13(11-17(16)24-15-4-2-3-5-15)12-6-7-14(10-12)18-19-21-22-20-18/h8-9,11-12,14-15H,2-7,10H2,1H3,(H,19,20,21,22). The third-order valence-electron chi connectivity index (χ3n) is 5.44. The van der Waals surface area contributed by atoms with Gasteiger partial charge in [-0.25, -0.2) is 5.10 Å². The largest absolute Gasteiger partial charge is 0.493 e. The van der Waals surface area contributed by atoms with Gasteiger partial charge in [-0.1, -0.05) is 6.07 Å². The Kier molecular flexibility index (Phi) is 4.36. The van der Waals surface area contributed by atoms with Gasteiger partial charge in [0.1, 0.15) is 0 Å². The fourth-order valence-corrected chi connectivity index (χ4v) is 4.10. The Morgan fingerprint density at radius 2 is 1.88 bits per heavy atom. The second-order valence-corrected chi connectivity index (χ2v) is 6.93. The van der Waals surface area contributed by atoms with E-state index in [-0.39, 0.29) is 0 Å². The Morgan fingerprint density at radius 3 is 2.62 bits per heavy atom. The lowest BCUT2D eigenvalue weighted by Gasteiger charge is -2.18. The van der Waals surface area contributed by atoms with Gasteiger partial charge in [0.2, 0.25) is 0 Å². The Bertz CT molecular complexity index is 668. The highest BCUT2D eigenvalue weighted by Crippen LogP contribution is 2.44. The van der Waals surface area contributed by atoms with Gasteiger partial charge in [-0.15, -0.1) is 5.10 Å². The molecule has 1 N–H and O–H groups in total. The van der Waals surface area contributed by atoms with Crippen LogP contribution in [0.15, 0.2) is 18.2 Å². The molecule has 128 valence electrons. The number of ether oxygens (including phenoxy) is 2. The molecule has 2 aliphatic carbocycles. The summed E-state index contributed by atoms with van der Waals surface area (Å²) in [5, 5.41) is 14.4. The summed E-state index contributed by atoms with van der Waals surface area (Å²) < 4.78 is 11.7. The third-order valence-corrected chi connectivity index (χ3v) is 5.44. The van der Waals surface area contributed by atoms with E-state index in [1.807, 2.05) is 6.07 Å². The molecule has 1 aromatic heterocycles. The van der Waals surface area contributed by atoms with Crippen LogP contribution in [-0.2, 0) is 0 Å². The minimum atomic E-state index is 0.339.